The molecule has 1 aromatic rings. The first kappa shape index (κ1) is 19.5. The van der Waals surface area contributed by atoms with Crippen molar-refractivity contribution in [1.29, 1.82) is 0 Å². The van der Waals surface area contributed by atoms with Crippen LogP contribution in [0.15, 0.2) is 12.1 Å². The number of esters is 1. The fourth-order valence-electron chi connectivity index (χ4n) is 2.85. The van der Waals surface area contributed by atoms with Crippen LogP contribution < -0.4 is 0 Å². The van der Waals surface area contributed by atoms with Crippen molar-refractivity contribution in [3.8, 4) is 5.75 Å². The molecule has 0 amide bonds. The third-order valence-corrected chi connectivity index (χ3v) is 4.21. The highest BCUT2D eigenvalue weighted by atomic mass is 16.5. The molecule has 1 N–H and O–H groups in total. The minimum absolute atomic E-state index is 0.201. The Kier molecular flexibility index (Phi) is 5.89. The average Bonchev–Trinajstić information content (AvgIpc) is 2.42. The molecule has 0 aromatic heterocycles. The number of hydrogen-bond donors (Lipinski definition) is 1. The summed E-state index contributed by atoms with van der Waals surface area (Å²) in [5.74, 6) is -0.154. The number of carbonyl (C=O) groups excluding carboxylic acids is 1. The highest BCUT2D eigenvalue weighted by Crippen LogP contribution is 2.41. The van der Waals surface area contributed by atoms with Crippen LogP contribution in [0.2, 0.25) is 0 Å². The molecule has 23 heavy (non-hydrogen) atoms. The maximum absolute atomic E-state index is 12.2. The van der Waals surface area contributed by atoms with Gasteiger partial charge in [-0.05, 0) is 33.9 Å². The Balaban J connectivity index is 3.63. The maximum atomic E-state index is 12.2. The van der Waals surface area contributed by atoms with Crippen LogP contribution in [0.5, 0.6) is 5.75 Å². The summed E-state index contributed by atoms with van der Waals surface area (Å²) in [6.45, 7) is 14.5. The highest BCUT2D eigenvalue weighted by molar-refractivity contribution is 5.78. The van der Waals surface area contributed by atoms with E-state index in [-0.39, 0.29) is 22.7 Å². The number of rotatable bonds is 4. The topological polar surface area (TPSA) is 46.5 Å². The summed E-state index contributed by atoms with van der Waals surface area (Å²) in [6, 6.07) is 3.95. The van der Waals surface area contributed by atoms with Gasteiger partial charge >= 0.3 is 5.97 Å². The van der Waals surface area contributed by atoms with Gasteiger partial charge in [-0.2, -0.15) is 0 Å². The number of hydrogen-bond acceptors (Lipinski definition) is 3. The predicted octanol–water partition coefficient (Wildman–Crippen LogP) is 5.04. The maximum Gasteiger partial charge on any atom is 0.313 e. The smallest absolute Gasteiger partial charge is 0.313 e. The van der Waals surface area contributed by atoms with Gasteiger partial charge in [0.15, 0.2) is 0 Å². The first-order valence-corrected chi connectivity index (χ1v) is 8.39. The zero-order chi connectivity index (χ0) is 18.0. The van der Waals surface area contributed by atoms with Crippen LogP contribution in [0, 0.1) is 0 Å². The minimum atomic E-state index is -0.284. The van der Waals surface area contributed by atoms with Gasteiger partial charge in [-0.15, -0.1) is 0 Å². The van der Waals surface area contributed by atoms with Crippen LogP contribution in [0.3, 0.4) is 0 Å². The highest BCUT2D eigenvalue weighted by Gasteiger charge is 2.30. The zero-order valence-corrected chi connectivity index (χ0v) is 15.9. The lowest BCUT2D eigenvalue weighted by Crippen LogP contribution is -2.21. The van der Waals surface area contributed by atoms with E-state index in [1.807, 2.05) is 12.1 Å². The monoisotopic (exact) mass is 320 g/mol. The van der Waals surface area contributed by atoms with E-state index in [1.165, 1.54) is 7.11 Å². The molecule has 0 aliphatic carbocycles. The van der Waals surface area contributed by atoms with E-state index < -0.39 is 0 Å². The second kappa shape index (κ2) is 6.94. The van der Waals surface area contributed by atoms with Crippen LogP contribution in [0.25, 0.3) is 0 Å². The van der Waals surface area contributed by atoms with Crippen molar-refractivity contribution in [1.82, 2.24) is 0 Å². The van der Waals surface area contributed by atoms with E-state index in [9.17, 15) is 9.90 Å². The molecule has 0 saturated heterocycles. The molecule has 0 spiro atoms. The Hall–Kier alpha value is -1.51. The lowest BCUT2D eigenvalue weighted by atomic mass is 9.76. The minimum Gasteiger partial charge on any atom is -0.507 e. The molecular formula is C20H32O3. The van der Waals surface area contributed by atoms with Crippen molar-refractivity contribution < 1.29 is 14.6 Å². The summed E-state index contributed by atoms with van der Waals surface area (Å²) in [5.41, 5.74) is 2.29. The van der Waals surface area contributed by atoms with Crippen molar-refractivity contribution >= 4 is 5.97 Å². The predicted molar refractivity (Wildman–Crippen MR) is 95.2 cm³/mol. The normalized spacial score (nSPS) is 13.7. The molecule has 0 heterocycles. The SMILES string of the molecule is CCCC(C(=O)OC)c1cc(C(C)(C)C)c(O)c(C(C)(C)C)c1. The Morgan fingerprint density at radius 1 is 1.09 bits per heavy atom. The summed E-state index contributed by atoms with van der Waals surface area (Å²) in [7, 11) is 1.43. The molecule has 3 nitrogen and oxygen atoms in total. The molecule has 0 aliphatic rings. The average molecular weight is 320 g/mol. The van der Waals surface area contributed by atoms with Crippen LogP contribution in [0.4, 0.5) is 0 Å². The number of aromatic hydroxyl groups is 1. The Morgan fingerprint density at radius 2 is 1.52 bits per heavy atom. The summed E-state index contributed by atoms with van der Waals surface area (Å²) in [5, 5.41) is 10.8. The standard InChI is InChI=1S/C20H32O3/c1-9-10-14(18(22)23-8)13-11-15(19(2,3)4)17(21)16(12-13)20(5,6)7/h11-12,14,21H,9-10H2,1-8H3. The van der Waals surface area contributed by atoms with Gasteiger partial charge in [0.25, 0.3) is 0 Å². The molecule has 0 saturated carbocycles. The van der Waals surface area contributed by atoms with Crippen molar-refractivity contribution in [2.75, 3.05) is 7.11 Å². The van der Waals surface area contributed by atoms with Crippen LogP contribution in [0.1, 0.15) is 83.9 Å². The Morgan fingerprint density at radius 3 is 1.83 bits per heavy atom. The molecule has 1 unspecified atom stereocenters. The largest absolute Gasteiger partial charge is 0.507 e. The first-order chi connectivity index (χ1) is 10.4. The zero-order valence-electron chi connectivity index (χ0n) is 15.9. The summed E-state index contributed by atoms with van der Waals surface area (Å²) >= 11 is 0. The lowest BCUT2D eigenvalue weighted by molar-refractivity contribution is -0.142. The number of carbonyl (C=O) groups is 1. The van der Waals surface area contributed by atoms with E-state index in [2.05, 4.69) is 48.5 Å². The van der Waals surface area contributed by atoms with Crippen molar-refractivity contribution in [2.24, 2.45) is 0 Å². The fraction of sp³-hybridized carbons (Fsp3) is 0.650. The van der Waals surface area contributed by atoms with Crippen molar-refractivity contribution in [2.45, 2.75) is 78.1 Å². The van der Waals surface area contributed by atoms with Crippen LogP contribution in [-0.4, -0.2) is 18.2 Å². The molecule has 130 valence electrons. The van der Waals surface area contributed by atoms with Crippen molar-refractivity contribution in [3.05, 3.63) is 28.8 Å². The fourth-order valence-corrected chi connectivity index (χ4v) is 2.85. The van der Waals surface area contributed by atoms with Gasteiger partial charge < -0.3 is 9.84 Å². The lowest BCUT2D eigenvalue weighted by Gasteiger charge is -2.29. The van der Waals surface area contributed by atoms with Gasteiger partial charge in [0.05, 0.1) is 13.0 Å². The van der Waals surface area contributed by atoms with Crippen molar-refractivity contribution in [3.63, 3.8) is 0 Å². The van der Waals surface area contributed by atoms with E-state index in [0.717, 1.165) is 29.5 Å². The molecule has 0 bridgehead atoms. The molecule has 3 heteroatoms. The summed E-state index contributed by atoms with van der Waals surface area (Å²) in [4.78, 5) is 12.2. The molecule has 1 atom stereocenters. The summed E-state index contributed by atoms with van der Waals surface area (Å²) < 4.78 is 5.00. The number of benzene rings is 1. The van der Waals surface area contributed by atoms with E-state index >= 15 is 0 Å². The van der Waals surface area contributed by atoms with Gasteiger partial charge in [0.2, 0.25) is 0 Å². The molecule has 0 fully saturated rings. The van der Waals surface area contributed by atoms with Gasteiger partial charge in [0, 0.05) is 0 Å². The third-order valence-electron chi connectivity index (χ3n) is 4.21. The number of methoxy groups -OCH3 is 1. The van der Waals surface area contributed by atoms with Gasteiger partial charge in [-0.1, -0.05) is 67.0 Å². The first-order valence-electron chi connectivity index (χ1n) is 8.39. The molecule has 0 radical (unpaired) electrons. The van der Waals surface area contributed by atoms with Crippen LogP contribution >= 0.6 is 0 Å². The summed E-state index contributed by atoms with van der Waals surface area (Å²) in [6.07, 6.45) is 1.64. The van der Waals surface area contributed by atoms with E-state index in [4.69, 9.17) is 4.74 Å². The molecule has 0 aliphatic heterocycles. The number of phenolic OH excluding ortho intramolecular Hbond substituents is 1. The second-order valence-corrected chi connectivity index (χ2v) is 8.33. The quantitative estimate of drug-likeness (QED) is 0.790. The van der Waals surface area contributed by atoms with Gasteiger partial charge in [-0.25, -0.2) is 0 Å². The molecule has 1 aromatic carbocycles. The second-order valence-electron chi connectivity index (χ2n) is 8.33. The molecule has 1 rings (SSSR count). The number of ether oxygens (including phenoxy) is 1. The van der Waals surface area contributed by atoms with Gasteiger partial charge in [-0.3, -0.25) is 4.79 Å². The van der Waals surface area contributed by atoms with Gasteiger partial charge in [0.1, 0.15) is 5.75 Å². The third kappa shape index (κ3) is 4.49. The Labute approximate surface area is 141 Å². The molecular weight excluding hydrogens is 288 g/mol. The van der Waals surface area contributed by atoms with E-state index in [1.54, 1.807) is 0 Å². The van der Waals surface area contributed by atoms with Crippen LogP contribution in [-0.2, 0) is 20.4 Å². The van der Waals surface area contributed by atoms with E-state index in [0.29, 0.717) is 5.75 Å². The Bertz CT molecular complexity index is 524. The number of phenols is 1.